The number of carbonyl (C=O) groups is 1. The molecule has 12 heavy (non-hydrogen) atoms. The lowest BCUT2D eigenvalue weighted by atomic mass is 9.86. The van der Waals surface area contributed by atoms with Gasteiger partial charge in [-0.05, 0) is 18.8 Å². The molecule has 1 aliphatic carbocycles. The van der Waals surface area contributed by atoms with Crippen LogP contribution in [0.2, 0.25) is 0 Å². The van der Waals surface area contributed by atoms with Gasteiger partial charge < -0.3 is 5.73 Å². The molecular formula is C8H17N3O. The maximum atomic E-state index is 10.4. The van der Waals surface area contributed by atoms with E-state index < -0.39 is 6.03 Å². The zero-order valence-electron chi connectivity index (χ0n) is 7.47. The van der Waals surface area contributed by atoms with Crippen LogP contribution in [-0.2, 0) is 0 Å². The molecule has 4 N–H and O–H groups in total. The van der Waals surface area contributed by atoms with Crippen LogP contribution in [0.3, 0.4) is 0 Å². The Balaban J connectivity index is 2.24. The van der Waals surface area contributed by atoms with Crippen molar-refractivity contribution in [2.75, 3.05) is 0 Å². The van der Waals surface area contributed by atoms with Crippen molar-refractivity contribution in [1.29, 1.82) is 0 Å². The van der Waals surface area contributed by atoms with Crippen LogP contribution in [-0.4, -0.2) is 12.1 Å². The minimum absolute atomic E-state index is 0.395. The van der Waals surface area contributed by atoms with Gasteiger partial charge in [0, 0.05) is 6.04 Å². The minimum Gasteiger partial charge on any atom is -0.351 e. The largest absolute Gasteiger partial charge is 0.351 e. The molecule has 1 fully saturated rings. The third-order valence-corrected chi connectivity index (χ3v) is 2.49. The summed E-state index contributed by atoms with van der Waals surface area (Å²) in [5, 5.41) is 0. The molecule has 1 saturated carbocycles. The number of primary amides is 1. The van der Waals surface area contributed by atoms with Gasteiger partial charge in [0.05, 0.1) is 0 Å². The summed E-state index contributed by atoms with van der Waals surface area (Å²) in [7, 11) is 0. The Hall–Kier alpha value is -0.770. The van der Waals surface area contributed by atoms with Gasteiger partial charge in [-0.3, -0.25) is 5.43 Å². The van der Waals surface area contributed by atoms with Crippen molar-refractivity contribution in [2.45, 2.75) is 38.6 Å². The van der Waals surface area contributed by atoms with E-state index in [-0.39, 0.29) is 0 Å². The molecule has 4 heteroatoms. The number of nitrogens with two attached hydrogens (primary N) is 1. The first-order chi connectivity index (χ1) is 5.70. The first-order valence-electron chi connectivity index (χ1n) is 4.51. The standard InChI is InChI=1S/C8H17N3O/c1-6-4-2-3-5-7(6)10-11-8(9)12/h6-7,10H,2-5H2,1H3,(H3,9,11,12). The Morgan fingerprint density at radius 1 is 1.42 bits per heavy atom. The lowest BCUT2D eigenvalue weighted by molar-refractivity contribution is 0.226. The van der Waals surface area contributed by atoms with Gasteiger partial charge in [0.1, 0.15) is 0 Å². The molecule has 2 atom stereocenters. The van der Waals surface area contributed by atoms with Crippen LogP contribution in [0.4, 0.5) is 4.79 Å². The molecule has 0 aromatic carbocycles. The van der Waals surface area contributed by atoms with Crippen LogP contribution in [0.25, 0.3) is 0 Å². The van der Waals surface area contributed by atoms with Gasteiger partial charge in [0.15, 0.2) is 0 Å². The number of rotatable bonds is 2. The number of hydrazine groups is 1. The second-order valence-corrected chi connectivity index (χ2v) is 3.50. The fourth-order valence-electron chi connectivity index (χ4n) is 1.69. The molecular weight excluding hydrogens is 154 g/mol. The molecule has 1 rings (SSSR count). The molecule has 0 radical (unpaired) electrons. The second kappa shape index (κ2) is 4.30. The lowest BCUT2D eigenvalue weighted by Crippen LogP contribution is -2.50. The predicted octanol–water partition coefficient (Wildman–Crippen LogP) is 0.738. The number of hydrogen-bond donors (Lipinski definition) is 3. The molecule has 0 aromatic rings. The van der Waals surface area contributed by atoms with Crippen molar-refractivity contribution >= 4 is 6.03 Å². The van der Waals surface area contributed by atoms with Crippen LogP contribution in [0, 0.1) is 5.92 Å². The van der Waals surface area contributed by atoms with Gasteiger partial charge in [-0.1, -0.05) is 19.8 Å². The molecule has 1 aliphatic rings. The molecule has 0 saturated heterocycles. The van der Waals surface area contributed by atoms with Gasteiger partial charge >= 0.3 is 6.03 Å². The van der Waals surface area contributed by atoms with E-state index in [2.05, 4.69) is 17.8 Å². The van der Waals surface area contributed by atoms with Gasteiger partial charge in [-0.15, -0.1) is 0 Å². The summed E-state index contributed by atoms with van der Waals surface area (Å²) >= 11 is 0. The Bertz CT molecular complexity index is 160. The highest BCUT2D eigenvalue weighted by atomic mass is 16.2. The SMILES string of the molecule is CC1CCCCC1NNC(N)=O. The van der Waals surface area contributed by atoms with Crippen molar-refractivity contribution < 1.29 is 4.79 Å². The second-order valence-electron chi connectivity index (χ2n) is 3.50. The van der Waals surface area contributed by atoms with E-state index in [1.807, 2.05) is 0 Å². The normalized spacial score (nSPS) is 29.8. The third-order valence-electron chi connectivity index (χ3n) is 2.49. The van der Waals surface area contributed by atoms with Crippen molar-refractivity contribution in [2.24, 2.45) is 11.7 Å². The van der Waals surface area contributed by atoms with E-state index in [0.717, 1.165) is 6.42 Å². The summed E-state index contributed by atoms with van der Waals surface area (Å²) in [6.45, 7) is 2.19. The molecule has 2 amide bonds. The molecule has 0 spiro atoms. The highest BCUT2D eigenvalue weighted by molar-refractivity contribution is 5.70. The van der Waals surface area contributed by atoms with Crippen LogP contribution in [0.15, 0.2) is 0 Å². The summed E-state index contributed by atoms with van der Waals surface area (Å²) in [5.74, 6) is 0.630. The van der Waals surface area contributed by atoms with Gasteiger partial charge in [0.2, 0.25) is 0 Å². The predicted molar refractivity (Wildman–Crippen MR) is 47.3 cm³/mol. The van der Waals surface area contributed by atoms with Gasteiger partial charge in [-0.25, -0.2) is 10.2 Å². The van der Waals surface area contributed by atoms with Crippen molar-refractivity contribution in [1.82, 2.24) is 10.9 Å². The lowest BCUT2D eigenvalue weighted by Gasteiger charge is -2.29. The average molecular weight is 171 g/mol. The van der Waals surface area contributed by atoms with E-state index in [0.29, 0.717) is 12.0 Å². The first kappa shape index (κ1) is 9.32. The number of amides is 2. The van der Waals surface area contributed by atoms with E-state index in [9.17, 15) is 4.79 Å². The molecule has 4 nitrogen and oxygen atoms in total. The Morgan fingerprint density at radius 2 is 2.08 bits per heavy atom. The summed E-state index contributed by atoms with van der Waals surface area (Å²) in [6.07, 6.45) is 4.90. The van der Waals surface area contributed by atoms with E-state index in [1.165, 1.54) is 19.3 Å². The molecule has 70 valence electrons. The topological polar surface area (TPSA) is 67.2 Å². The summed E-state index contributed by atoms with van der Waals surface area (Å²) in [6, 6.07) is -0.112. The molecule has 2 unspecified atom stereocenters. The zero-order chi connectivity index (χ0) is 8.97. The maximum absolute atomic E-state index is 10.4. The van der Waals surface area contributed by atoms with Crippen LogP contribution >= 0.6 is 0 Å². The van der Waals surface area contributed by atoms with E-state index >= 15 is 0 Å². The minimum atomic E-state index is -0.507. The van der Waals surface area contributed by atoms with Crippen molar-refractivity contribution in [3.05, 3.63) is 0 Å². The number of urea groups is 1. The first-order valence-corrected chi connectivity index (χ1v) is 4.51. The Kier molecular flexibility index (Phi) is 3.34. The highest BCUT2D eigenvalue weighted by Crippen LogP contribution is 2.22. The van der Waals surface area contributed by atoms with E-state index in [1.54, 1.807) is 0 Å². The average Bonchev–Trinajstić information content (AvgIpc) is 2.03. The Labute approximate surface area is 72.9 Å². The third kappa shape index (κ3) is 2.70. The summed E-state index contributed by atoms with van der Waals surface area (Å²) in [4.78, 5) is 10.4. The maximum Gasteiger partial charge on any atom is 0.326 e. The van der Waals surface area contributed by atoms with Crippen LogP contribution in [0.5, 0.6) is 0 Å². The van der Waals surface area contributed by atoms with E-state index in [4.69, 9.17) is 5.73 Å². The quantitative estimate of drug-likeness (QED) is 0.536. The fraction of sp³-hybridized carbons (Fsp3) is 0.875. The number of nitrogens with one attached hydrogen (secondary N) is 2. The van der Waals surface area contributed by atoms with Crippen molar-refractivity contribution in [3.8, 4) is 0 Å². The Morgan fingerprint density at radius 3 is 2.67 bits per heavy atom. The van der Waals surface area contributed by atoms with Crippen LogP contribution in [0.1, 0.15) is 32.6 Å². The fourth-order valence-corrected chi connectivity index (χ4v) is 1.69. The molecule has 0 bridgehead atoms. The number of carbonyl (C=O) groups excluding carboxylic acids is 1. The molecule has 0 aliphatic heterocycles. The van der Waals surface area contributed by atoms with Crippen LogP contribution < -0.4 is 16.6 Å². The number of hydrogen-bond acceptors (Lipinski definition) is 2. The van der Waals surface area contributed by atoms with Crippen molar-refractivity contribution in [3.63, 3.8) is 0 Å². The van der Waals surface area contributed by atoms with Gasteiger partial charge in [0.25, 0.3) is 0 Å². The summed E-state index contributed by atoms with van der Waals surface area (Å²) < 4.78 is 0. The van der Waals surface area contributed by atoms with Gasteiger partial charge in [-0.2, -0.15) is 0 Å². The zero-order valence-corrected chi connectivity index (χ0v) is 7.47. The molecule has 0 heterocycles. The molecule has 0 aromatic heterocycles. The highest BCUT2D eigenvalue weighted by Gasteiger charge is 2.20. The monoisotopic (exact) mass is 171 g/mol. The summed E-state index contributed by atoms with van der Waals surface area (Å²) in [5.41, 5.74) is 10.3. The smallest absolute Gasteiger partial charge is 0.326 e.